The Kier molecular flexibility index (Phi) is 7.20. The fourth-order valence-corrected chi connectivity index (χ4v) is 10.1. The van der Waals surface area contributed by atoms with Crippen LogP contribution in [0.2, 0.25) is 0 Å². The molecule has 7 heterocycles. The van der Waals surface area contributed by atoms with Crippen molar-refractivity contribution in [2.75, 3.05) is 0 Å². The van der Waals surface area contributed by atoms with Crippen molar-refractivity contribution >= 4 is 87.2 Å². The summed E-state index contributed by atoms with van der Waals surface area (Å²) in [4.78, 5) is 24.8. The van der Waals surface area contributed by atoms with E-state index in [0.29, 0.717) is 17.7 Å². The number of rotatable bonds is 5. The third kappa shape index (κ3) is 4.91. The van der Waals surface area contributed by atoms with Crippen molar-refractivity contribution in [2.45, 2.75) is 0 Å². The van der Waals surface area contributed by atoms with E-state index in [1.807, 2.05) is 49.1 Å². The van der Waals surface area contributed by atoms with Crippen LogP contribution in [-0.2, 0) is 0 Å². The van der Waals surface area contributed by atoms with E-state index in [2.05, 4.69) is 180 Å². The molecule has 9 heteroatoms. The molecular formula is C55H33N9. The van der Waals surface area contributed by atoms with Gasteiger partial charge >= 0.3 is 0 Å². The zero-order valence-electron chi connectivity index (χ0n) is 34.1. The second-order valence-corrected chi connectivity index (χ2v) is 16.2. The van der Waals surface area contributed by atoms with Gasteiger partial charge in [0.1, 0.15) is 0 Å². The van der Waals surface area contributed by atoms with Crippen LogP contribution in [0.3, 0.4) is 0 Å². The molecule has 7 aromatic carbocycles. The number of fused-ring (bicyclic) bond motifs is 12. The maximum Gasteiger partial charge on any atom is 0.240 e. The number of benzene rings is 7. The van der Waals surface area contributed by atoms with Crippen LogP contribution in [-0.4, -0.2) is 43.2 Å². The Labute approximate surface area is 364 Å². The molecule has 0 saturated heterocycles. The van der Waals surface area contributed by atoms with Gasteiger partial charge in [0.2, 0.25) is 11.9 Å². The first-order valence-electron chi connectivity index (χ1n) is 21.3. The van der Waals surface area contributed by atoms with Crippen LogP contribution in [0.25, 0.3) is 122 Å². The Balaban J connectivity index is 0.958. The molecule has 0 fully saturated rings. The highest BCUT2D eigenvalue weighted by molar-refractivity contribution is 6.13. The fraction of sp³-hybridized carbons (Fsp3) is 0. The highest BCUT2D eigenvalue weighted by Crippen LogP contribution is 2.38. The summed E-state index contributed by atoms with van der Waals surface area (Å²) in [6, 6.07) is 62.1. The molecule has 14 rings (SSSR count). The van der Waals surface area contributed by atoms with Gasteiger partial charge < -0.3 is 9.13 Å². The summed E-state index contributed by atoms with van der Waals surface area (Å²) in [5, 5.41) is 9.09. The molecule has 7 aromatic heterocycles. The molecule has 0 bridgehead atoms. The Hall–Kier alpha value is -8.95. The number of hydrogen-bond donors (Lipinski definition) is 0. The Morgan fingerprint density at radius 2 is 0.656 bits per heavy atom. The highest BCUT2D eigenvalue weighted by atomic mass is 15.3. The zero-order valence-corrected chi connectivity index (χ0v) is 34.1. The van der Waals surface area contributed by atoms with Crippen LogP contribution in [0.4, 0.5) is 0 Å². The van der Waals surface area contributed by atoms with E-state index in [1.54, 1.807) is 0 Å². The number of hydrogen-bond acceptors (Lipinski definition) is 5. The third-order valence-electron chi connectivity index (χ3n) is 12.8. The van der Waals surface area contributed by atoms with E-state index in [-0.39, 0.29) is 0 Å². The zero-order chi connectivity index (χ0) is 41.9. The molecule has 298 valence electrons. The summed E-state index contributed by atoms with van der Waals surface area (Å²) < 4.78 is 8.98. The summed E-state index contributed by atoms with van der Waals surface area (Å²) in [5.41, 5.74) is 11.6. The molecule has 0 saturated carbocycles. The molecule has 0 aliphatic rings. The number of para-hydroxylation sites is 5. The Bertz CT molecular complexity index is 3920. The van der Waals surface area contributed by atoms with Gasteiger partial charge in [-0.05, 0) is 84.9 Å². The van der Waals surface area contributed by atoms with E-state index in [1.165, 1.54) is 32.6 Å². The van der Waals surface area contributed by atoms with Crippen molar-refractivity contribution in [1.82, 2.24) is 43.2 Å². The Morgan fingerprint density at radius 3 is 1.16 bits per heavy atom. The highest BCUT2D eigenvalue weighted by Gasteiger charge is 2.22. The molecule has 0 aliphatic carbocycles. The summed E-state index contributed by atoms with van der Waals surface area (Å²) in [6.45, 7) is 0. The molecule has 9 nitrogen and oxygen atoms in total. The van der Waals surface area contributed by atoms with E-state index >= 15 is 0 Å². The van der Waals surface area contributed by atoms with Gasteiger partial charge in [0, 0.05) is 84.8 Å². The maximum absolute atomic E-state index is 5.29. The predicted molar refractivity (Wildman–Crippen MR) is 258 cm³/mol. The van der Waals surface area contributed by atoms with Crippen molar-refractivity contribution in [3.8, 4) is 34.7 Å². The SMILES string of the molecule is c1ccc2c(c1)c1ccccc1n2-c1ccc2c(c1)c1ccccc1n2-c1ccc(-c2nc(-n3c4ccccc4c4cnccc43)nc(-n3c4ccccc4c4cnccc43)n2)cc1. The van der Waals surface area contributed by atoms with Crippen LogP contribution < -0.4 is 0 Å². The minimum absolute atomic E-state index is 0.517. The van der Waals surface area contributed by atoms with Crippen molar-refractivity contribution in [3.63, 3.8) is 0 Å². The minimum Gasteiger partial charge on any atom is -0.309 e. The Morgan fingerprint density at radius 1 is 0.281 bits per heavy atom. The lowest BCUT2D eigenvalue weighted by atomic mass is 10.1. The monoisotopic (exact) mass is 819 g/mol. The summed E-state index contributed by atoms with van der Waals surface area (Å²) >= 11 is 0. The second-order valence-electron chi connectivity index (χ2n) is 16.2. The molecule has 0 atom stereocenters. The number of pyridine rings is 2. The van der Waals surface area contributed by atoms with Gasteiger partial charge in [-0.2, -0.15) is 15.0 Å². The molecule has 14 aromatic rings. The molecule has 0 amide bonds. The van der Waals surface area contributed by atoms with Crippen molar-refractivity contribution in [2.24, 2.45) is 0 Å². The van der Waals surface area contributed by atoms with E-state index < -0.39 is 0 Å². The largest absolute Gasteiger partial charge is 0.309 e. The summed E-state index contributed by atoms with van der Waals surface area (Å²) in [7, 11) is 0. The van der Waals surface area contributed by atoms with Crippen LogP contribution in [0.1, 0.15) is 0 Å². The van der Waals surface area contributed by atoms with E-state index in [9.17, 15) is 0 Å². The minimum atomic E-state index is 0.517. The average Bonchev–Trinajstić information content (AvgIpc) is 4.09. The van der Waals surface area contributed by atoms with Crippen LogP contribution in [0.15, 0.2) is 201 Å². The lowest BCUT2D eigenvalue weighted by Crippen LogP contribution is -2.10. The topological polar surface area (TPSA) is 84.2 Å². The van der Waals surface area contributed by atoms with Crippen LogP contribution in [0, 0.1) is 0 Å². The van der Waals surface area contributed by atoms with E-state index in [0.717, 1.165) is 71.6 Å². The van der Waals surface area contributed by atoms with Crippen LogP contribution in [0.5, 0.6) is 0 Å². The van der Waals surface area contributed by atoms with E-state index in [4.69, 9.17) is 15.0 Å². The van der Waals surface area contributed by atoms with Gasteiger partial charge in [-0.15, -0.1) is 0 Å². The number of nitrogens with zero attached hydrogens (tertiary/aromatic N) is 9. The van der Waals surface area contributed by atoms with Crippen molar-refractivity contribution < 1.29 is 0 Å². The molecule has 0 spiro atoms. The third-order valence-corrected chi connectivity index (χ3v) is 12.8. The molecule has 0 radical (unpaired) electrons. The van der Waals surface area contributed by atoms with Gasteiger partial charge in [-0.1, -0.05) is 91.0 Å². The summed E-state index contributed by atoms with van der Waals surface area (Å²) in [5.74, 6) is 1.59. The molecule has 0 aliphatic heterocycles. The molecule has 0 N–H and O–H groups in total. The predicted octanol–water partition coefficient (Wildman–Crippen LogP) is 12.7. The van der Waals surface area contributed by atoms with Gasteiger partial charge in [0.05, 0.1) is 44.1 Å². The molecule has 0 unspecified atom stereocenters. The maximum atomic E-state index is 5.29. The molecular weight excluding hydrogens is 787 g/mol. The quantitative estimate of drug-likeness (QED) is 0.173. The van der Waals surface area contributed by atoms with Crippen molar-refractivity contribution in [3.05, 3.63) is 201 Å². The second kappa shape index (κ2) is 13.3. The standard InChI is InChI=1S/C55H33N9/c1-6-16-45-37(11-1)38-12-2-7-17-46(38)62(45)36-25-26-50-42(31-36)39-13-3-8-18-47(39)61(50)35-23-21-34(22-24-35)53-58-54(63-48-19-9-4-14-40(48)43-32-56-29-27-51(43)63)60-55(59-53)64-49-20-10-5-15-41(49)44-33-57-30-28-52(44)64/h1-33H. The molecule has 64 heavy (non-hydrogen) atoms. The van der Waals surface area contributed by atoms with Crippen LogP contribution >= 0.6 is 0 Å². The van der Waals surface area contributed by atoms with Gasteiger partial charge in [-0.3, -0.25) is 19.1 Å². The van der Waals surface area contributed by atoms with Crippen molar-refractivity contribution in [1.29, 1.82) is 0 Å². The fourth-order valence-electron chi connectivity index (χ4n) is 10.1. The summed E-state index contributed by atoms with van der Waals surface area (Å²) in [6.07, 6.45) is 7.46. The van der Waals surface area contributed by atoms with Gasteiger partial charge in [0.15, 0.2) is 5.82 Å². The first kappa shape index (κ1) is 34.7. The van der Waals surface area contributed by atoms with Gasteiger partial charge in [-0.25, -0.2) is 0 Å². The van der Waals surface area contributed by atoms with Gasteiger partial charge in [0.25, 0.3) is 0 Å². The normalized spacial score (nSPS) is 12.1. The first-order chi connectivity index (χ1) is 31.8. The lowest BCUT2D eigenvalue weighted by Gasteiger charge is -2.13. The average molecular weight is 820 g/mol. The lowest BCUT2D eigenvalue weighted by molar-refractivity contribution is 0.892. The smallest absolute Gasteiger partial charge is 0.240 e. The first-order valence-corrected chi connectivity index (χ1v) is 21.3. The number of aromatic nitrogens is 9.